The SMILES string of the molecule is NC(=S)c1cc(Cl)ccc1Oc1ccc2c(c1)OCO2. The molecule has 0 aliphatic carbocycles. The molecule has 6 heteroatoms. The number of fused-ring (bicyclic) bond motifs is 1. The van der Waals surface area contributed by atoms with Crippen molar-refractivity contribution < 1.29 is 14.2 Å². The number of ether oxygens (including phenoxy) is 3. The molecule has 0 unspecified atom stereocenters. The molecular weight excluding hydrogens is 298 g/mol. The standard InChI is InChI=1S/C14H10ClNO3S/c15-8-1-3-11(10(5-8)14(16)20)19-9-2-4-12-13(6-9)18-7-17-12/h1-6H,7H2,(H2,16,20). The van der Waals surface area contributed by atoms with Crippen LogP contribution in [0.3, 0.4) is 0 Å². The second-order valence-electron chi connectivity index (χ2n) is 4.12. The Kier molecular flexibility index (Phi) is 3.38. The number of nitrogens with two attached hydrogens (primary N) is 1. The molecule has 0 atom stereocenters. The van der Waals surface area contributed by atoms with Crippen molar-refractivity contribution in [2.75, 3.05) is 6.79 Å². The van der Waals surface area contributed by atoms with Gasteiger partial charge in [-0.15, -0.1) is 0 Å². The number of rotatable bonds is 3. The first-order chi connectivity index (χ1) is 9.63. The molecule has 0 bridgehead atoms. The summed E-state index contributed by atoms with van der Waals surface area (Å²) in [5.41, 5.74) is 6.26. The normalized spacial score (nSPS) is 12.2. The van der Waals surface area contributed by atoms with E-state index in [1.54, 1.807) is 36.4 Å². The van der Waals surface area contributed by atoms with Gasteiger partial charge in [-0.2, -0.15) is 0 Å². The summed E-state index contributed by atoms with van der Waals surface area (Å²) in [6, 6.07) is 10.4. The average Bonchev–Trinajstić information content (AvgIpc) is 2.88. The Balaban J connectivity index is 1.93. The van der Waals surface area contributed by atoms with Crippen molar-refractivity contribution in [3.63, 3.8) is 0 Å². The first kappa shape index (κ1) is 13.0. The second kappa shape index (κ2) is 5.19. The van der Waals surface area contributed by atoms with Gasteiger partial charge in [0.15, 0.2) is 11.5 Å². The summed E-state index contributed by atoms with van der Waals surface area (Å²) in [4.78, 5) is 0.225. The van der Waals surface area contributed by atoms with Gasteiger partial charge in [0.1, 0.15) is 16.5 Å². The van der Waals surface area contributed by atoms with Gasteiger partial charge in [0.05, 0.1) is 5.56 Å². The van der Waals surface area contributed by atoms with Crippen molar-refractivity contribution in [2.45, 2.75) is 0 Å². The van der Waals surface area contributed by atoms with E-state index >= 15 is 0 Å². The fourth-order valence-electron chi connectivity index (χ4n) is 1.85. The first-order valence-corrected chi connectivity index (χ1v) is 6.59. The van der Waals surface area contributed by atoms with E-state index in [0.29, 0.717) is 33.6 Å². The average molecular weight is 308 g/mol. The summed E-state index contributed by atoms with van der Waals surface area (Å²) in [6.45, 7) is 0.220. The molecule has 1 aliphatic heterocycles. The molecule has 0 saturated carbocycles. The van der Waals surface area contributed by atoms with Crippen LogP contribution < -0.4 is 19.9 Å². The van der Waals surface area contributed by atoms with Crippen molar-refractivity contribution in [1.29, 1.82) is 0 Å². The molecule has 2 aromatic rings. The van der Waals surface area contributed by atoms with Crippen LogP contribution in [0.1, 0.15) is 5.56 Å². The molecule has 2 N–H and O–H groups in total. The number of halogens is 1. The zero-order chi connectivity index (χ0) is 14.1. The van der Waals surface area contributed by atoms with E-state index < -0.39 is 0 Å². The highest BCUT2D eigenvalue weighted by molar-refractivity contribution is 7.80. The molecule has 102 valence electrons. The molecular formula is C14H10ClNO3S. The molecule has 4 nitrogen and oxygen atoms in total. The molecule has 20 heavy (non-hydrogen) atoms. The zero-order valence-corrected chi connectivity index (χ0v) is 11.8. The lowest BCUT2D eigenvalue weighted by atomic mass is 10.2. The van der Waals surface area contributed by atoms with E-state index in [9.17, 15) is 0 Å². The van der Waals surface area contributed by atoms with Crippen LogP contribution >= 0.6 is 23.8 Å². The van der Waals surface area contributed by atoms with Gasteiger partial charge in [-0.25, -0.2) is 0 Å². The maximum atomic E-state index is 5.93. The van der Waals surface area contributed by atoms with Crippen LogP contribution in [0, 0.1) is 0 Å². The van der Waals surface area contributed by atoms with Crippen LogP contribution in [-0.4, -0.2) is 11.8 Å². The van der Waals surface area contributed by atoms with E-state index in [2.05, 4.69) is 0 Å². The quantitative estimate of drug-likeness (QED) is 0.880. The lowest BCUT2D eigenvalue weighted by Gasteiger charge is -2.11. The summed E-state index contributed by atoms with van der Waals surface area (Å²) in [6.07, 6.45) is 0. The van der Waals surface area contributed by atoms with Gasteiger partial charge < -0.3 is 19.9 Å². The Bertz CT molecular complexity index is 690. The van der Waals surface area contributed by atoms with Crippen LogP contribution in [0.5, 0.6) is 23.0 Å². The van der Waals surface area contributed by atoms with Crippen molar-refractivity contribution in [3.8, 4) is 23.0 Å². The largest absolute Gasteiger partial charge is 0.456 e. The van der Waals surface area contributed by atoms with Crippen LogP contribution in [0.25, 0.3) is 0 Å². The minimum Gasteiger partial charge on any atom is -0.456 e. The third-order valence-corrected chi connectivity index (χ3v) is 3.23. The Morgan fingerprint density at radius 3 is 2.75 bits per heavy atom. The topological polar surface area (TPSA) is 53.7 Å². The molecule has 0 spiro atoms. The van der Waals surface area contributed by atoms with E-state index in [1.807, 2.05) is 0 Å². The van der Waals surface area contributed by atoms with Gasteiger partial charge >= 0.3 is 0 Å². The Labute approximate surface area is 126 Å². The minimum atomic E-state index is 0.220. The molecule has 0 amide bonds. The van der Waals surface area contributed by atoms with E-state index in [-0.39, 0.29) is 11.8 Å². The van der Waals surface area contributed by atoms with Crippen molar-refractivity contribution in [3.05, 3.63) is 47.0 Å². The lowest BCUT2D eigenvalue weighted by molar-refractivity contribution is 0.174. The summed E-state index contributed by atoms with van der Waals surface area (Å²) in [5, 5.41) is 0.547. The molecule has 3 rings (SSSR count). The van der Waals surface area contributed by atoms with Crippen LogP contribution in [-0.2, 0) is 0 Å². The van der Waals surface area contributed by atoms with E-state index in [0.717, 1.165) is 0 Å². The van der Waals surface area contributed by atoms with Crippen molar-refractivity contribution in [2.24, 2.45) is 5.73 Å². The van der Waals surface area contributed by atoms with Gasteiger partial charge in [0.2, 0.25) is 6.79 Å². The molecule has 0 radical (unpaired) electrons. The minimum absolute atomic E-state index is 0.220. The highest BCUT2D eigenvalue weighted by Crippen LogP contribution is 2.37. The predicted molar refractivity (Wildman–Crippen MR) is 80.0 cm³/mol. The first-order valence-electron chi connectivity index (χ1n) is 5.80. The summed E-state index contributed by atoms with van der Waals surface area (Å²) in [7, 11) is 0. The molecule has 2 aromatic carbocycles. The van der Waals surface area contributed by atoms with Gasteiger partial charge in [-0.1, -0.05) is 23.8 Å². The van der Waals surface area contributed by atoms with Crippen molar-refractivity contribution >= 4 is 28.8 Å². The second-order valence-corrected chi connectivity index (χ2v) is 5.00. The van der Waals surface area contributed by atoms with Crippen LogP contribution in [0.15, 0.2) is 36.4 Å². The molecule has 0 fully saturated rings. The maximum Gasteiger partial charge on any atom is 0.231 e. The zero-order valence-electron chi connectivity index (χ0n) is 10.3. The number of hydrogen-bond acceptors (Lipinski definition) is 4. The third kappa shape index (κ3) is 2.50. The summed E-state index contributed by atoms with van der Waals surface area (Å²) in [5.74, 6) is 2.49. The Morgan fingerprint density at radius 2 is 1.95 bits per heavy atom. The molecule has 0 aromatic heterocycles. The highest BCUT2D eigenvalue weighted by Gasteiger charge is 2.15. The van der Waals surface area contributed by atoms with Crippen LogP contribution in [0.4, 0.5) is 0 Å². The summed E-state index contributed by atoms with van der Waals surface area (Å²) < 4.78 is 16.3. The highest BCUT2D eigenvalue weighted by atomic mass is 35.5. The van der Waals surface area contributed by atoms with E-state index in [1.165, 1.54) is 0 Å². The number of benzene rings is 2. The predicted octanol–water partition coefficient (Wildman–Crippen LogP) is 3.50. The Morgan fingerprint density at radius 1 is 1.15 bits per heavy atom. The van der Waals surface area contributed by atoms with Crippen LogP contribution in [0.2, 0.25) is 5.02 Å². The lowest BCUT2D eigenvalue weighted by Crippen LogP contribution is -2.10. The van der Waals surface area contributed by atoms with Gasteiger partial charge in [-0.3, -0.25) is 0 Å². The van der Waals surface area contributed by atoms with E-state index in [4.69, 9.17) is 43.8 Å². The van der Waals surface area contributed by atoms with Gasteiger partial charge in [0, 0.05) is 11.1 Å². The molecule has 0 saturated heterocycles. The number of thiocarbonyl (C=S) groups is 1. The third-order valence-electron chi connectivity index (χ3n) is 2.78. The smallest absolute Gasteiger partial charge is 0.231 e. The molecule has 1 heterocycles. The summed E-state index contributed by atoms with van der Waals surface area (Å²) >= 11 is 10.9. The maximum absolute atomic E-state index is 5.93. The van der Waals surface area contributed by atoms with Gasteiger partial charge in [-0.05, 0) is 30.3 Å². The fourth-order valence-corrected chi connectivity index (χ4v) is 2.18. The molecule has 1 aliphatic rings. The number of hydrogen-bond donors (Lipinski definition) is 1. The monoisotopic (exact) mass is 307 g/mol. The Hall–Kier alpha value is -1.98. The fraction of sp³-hybridized carbons (Fsp3) is 0.0714. The van der Waals surface area contributed by atoms with Crippen molar-refractivity contribution in [1.82, 2.24) is 0 Å². The van der Waals surface area contributed by atoms with Gasteiger partial charge in [0.25, 0.3) is 0 Å².